The van der Waals surface area contributed by atoms with Gasteiger partial charge in [0.15, 0.2) is 5.65 Å². The molecule has 0 amide bonds. The van der Waals surface area contributed by atoms with Crippen molar-refractivity contribution >= 4 is 63.9 Å². The zero-order valence-corrected chi connectivity index (χ0v) is 19.7. The summed E-state index contributed by atoms with van der Waals surface area (Å²) in [7, 11) is -3.62. The van der Waals surface area contributed by atoms with Crippen LogP contribution in [0.4, 0.5) is 0 Å². The Kier molecular flexibility index (Phi) is 5.77. The third-order valence-electron chi connectivity index (χ3n) is 4.49. The summed E-state index contributed by atoms with van der Waals surface area (Å²) in [5.74, 6) is 0. The Balaban J connectivity index is 0.000000181. The summed E-state index contributed by atoms with van der Waals surface area (Å²) in [5, 5.41) is 1.89. The second-order valence-corrected chi connectivity index (χ2v) is 10.0. The van der Waals surface area contributed by atoms with Gasteiger partial charge in [-0.2, -0.15) is 0 Å². The highest BCUT2D eigenvalue weighted by molar-refractivity contribution is 9.11. The molecule has 4 aromatic heterocycles. The second kappa shape index (κ2) is 8.33. The van der Waals surface area contributed by atoms with Gasteiger partial charge in [-0.15, -0.1) is 0 Å². The van der Waals surface area contributed by atoms with Gasteiger partial charge in [0.25, 0.3) is 10.0 Å². The molecule has 0 atom stereocenters. The van der Waals surface area contributed by atoms with Gasteiger partial charge in [0.1, 0.15) is 5.65 Å². The number of hydrogen-bond donors (Lipinski definition) is 1. The Bertz CT molecular complexity index is 1440. The lowest BCUT2D eigenvalue weighted by Crippen LogP contribution is -2.12. The Labute approximate surface area is 190 Å². The van der Waals surface area contributed by atoms with E-state index in [1.54, 1.807) is 48.8 Å². The lowest BCUT2D eigenvalue weighted by Gasteiger charge is -2.07. The average molecular weight is 548 g/mol. The maximum absolute atomic E-state index is 12.6. The second-order valence-electron chi connectivity index (χ2n) is 6.49. The van der Waals surface area contributed by atoms with Gasteiger partial charge in [-0.1, -0.05) is 17.7 Å². The molecule has 0 aliphatic heterocycles. The Morgan fingerprint density at radius 2 is 1.53 bits per heavy atom. The van der Waals surface area contributed by atoms with Crippen LogP contribution in [-0.4, -0.2) is 27.3 Å². The number of pyridine rings is 2. The number of hydrogen-bond acceptors (Lipinski definition) is 4. The van der Waals surface area contributed by atoms with Gasteiger partial charge in [-0.25, -0.2) is 22.4 Å². The predicted octanol–water partition coefficient (Wildman–Crippen LogP) is 5.67. The summed E-state index contributed by atoms with van der Waals surface area (Å²) < 4.78 is 28.4. The van der Waals surface area contributed by atoms with Gasteiger partial charge in [0.2, 0.25) is 0 Å². The lowest BCUT2D eigenvalue weighted by molar-refractivity contribution is 0.588. The SMILES string of the molecule is Brc1ccnc2[nH]ccc12.Cc1ccc(S(=O)(=O)n2ccc3c(Br)ccnc32)cc1. The first-order chi connectivity index (χ1) is 14.4. The lowest BCUT2D eigenvalue weighted by atomic mass is 10.2. The molecule has 0 unspecified atom stereocenters. The number of nitrogens with one attached hydrogen (secondary N) is 1. The van der Waals surface area contributed by atoms with Gasteiger partial charge in [-0.3, -0.25) is 0 Å². The van der Waals surface area contributed by atoms with Crippen LogP contribution in [-0.2, 0) is 10.0 Å². The molecule has 6 nitrogen and oxygen atoms in total. The number of aromatic nitrogens is 4. The minimum Gasteiger partial charge on any atom is -0.346 e. The standard InChI is InChI=1S/C14H11BrN2O2S.C7H5BrN2/c1-10-2-4-11(5-3-10)20(18,19)17-9-7-12-13(15)6-8-16-14(12)17;8-6-2-4-10-7-5(6)1-3-9-7/h2-9H,1H3;1-4H,(H,9,10). The van der Waals surface area contributed by atoms with Gasteiger partial charge in [0, 0.05) is 44.5 Å². The highest BCUT2D eigenvalue weighted by Crippen LogP contribution is 2.26. The van der Waals surface area contributed by atoms with E-state index >= 15 is 0 Å². The number of H-pyrrole nitrogens is 1. The molecule has 0 aliphatic carbocycles. The van der Waals surface area contributed by atoms with E-state index in [1.165, 1.54) is 10.2 Å². The summed E-state index contributed by atoms with van der Waals surface area (Å²) in [6.45, 7) is 1.92. The Hall–Kier alpha value is -2.49. The summed E-state index contributed by atoms with van der Waals surface area (Å²) in [6, 6.07) is 14.2. The van der Waals surface area contributed by atoms with E-state index in [-0.39, 0.29) is 4.90 Å². The Morgan fingerprint density at radius 3 is 2.23 bits per heavy atom. The van der Waals surface area contributed by atoms with Crippen LogP contribution in [0.15, 0.2) is 87.2 Å². The first kappa shape index (κ1) is 20.8. The molecule has 4 heterocycles. The van der Waals surface area contributed by atoms with Crippen molar-refractivity contribution in [3.8, 4) is 0 Å². The number of benzene rings is 1. The van der Waals surface area contributed by atoms with E-state index in [4.69, 9.17) is 0 Å². The van der Waals surface area contributed by atoms with Crippen molar-refractivity contribution in [2.24, 2.45) is 0 Å². The largest absolute Gasteiger partial charge is 0.346 e. The third kappa shape index (κ3) is 3.92. The fourth-order valence-electron chi connectivity index (χ4n) is 2.93. The van der Waals surface area contributed by atoms with Gasteiger partial charge >= 0.3 is 0 Å². The van der Waals surface area contributed by atoms with Crippen molar-refractivity contribution in [3.63, 3.8) is 0 Å². The van der Waals surface area contributed by atoms with Crippen LogP contribution in [0.25, 0.3) is 22.1 Å². The highest BCUT2D eigenvalue weighted by atomic mass is 79.9. The summed E-state index contributed by atoms with van der Waals surface area (Å²) in [6.07, 6.45) is 6.75. The molecule has 0 saturated carbocycles. The quantitative estimate of drug-likeness (QED) is 0.309. The number of fused-ring (bicyclic) bond motifs is 2. The van der Waals surface area contributed by atoms with E-state index in [9.17, 15) is 8.42 Å². The van der Waals surface area contributed by atoms with Crippen molar-refractivity contribution in [1.82, 2.24) is 18.9 Å². The monoisotopic (exact) mass is 546 g/mol. The number of aromatic amines is 1. The molecule has 0 bridgehead atoms. The minimum atomic E-state index is -3.62. The van der Waals surface area contributed by atoms with Gasteiger partial charge in [-0.05, 0) is 75.2 Å². The molecule has 1 N–H and O–H groups in total. The zero-order chi connectivity index (χ0) is 21.3. The zero-order valence-electron chi connectivity index (χ0n) is 15.8. The molecule has 0 radical (unpaired) electrons. The number of nitrogens with zero attached hydrogens (tertiary/aromatic N) is 3. The topological polar surface area (TPSA) is 80.6 Å². The number of rotatable bonds is 2. The molecular weight excluding hydrogens is 532 g/mol. The van der Waals surface area contributed by atoms with E-state index in [1.807, 2.05) is 25.3 Å². The smallest absolute Gasteiger partial charge is 0.269 e. The van der Waals surface area contributed by atoms with Crippen molar-refractivity contribution in [2.75, 3.05) is 0 Å². The van der Waals surface area contributed by atoms with Crippen LogP contribution in [0, 0.1) is 6.92 Å². The fourth-order valence-corrected chi connectivity index (χ4v) is 5.09. The molecule has 152 valence electrons. The van der Waals surface area contributed by atoms with E-state index < -0.39 is 10.0 Å². The van der Waals surface area contributed by atoms with Gasteiger partial charge < -0.3 is 4.98 Å². The normalized spacial score (nSPS) is 11.4. The van der Waals surface area contributed by atoms with Crippen LogP contribution in [0.3, 0.4) is 0 Å². The van der Waals surface area contributed by atoms with Crippen LogP contribution in [0.2, 0.25) is 0 Å². The number of halogens is 2. The first-order valence-corrected chi connectivity index (χ1v) is 11.9. The fraction of sp³-hybridized carbons (Fsp3) is 0.0476. The van der Waals surface area contributed by atoms with Crippen molar-refractivity contribution < 1.29 is 8.42 Å². The minimum absolute atomic E-state index is 0.252. The maximum atomic E-state index is 12.6. The number of aryl methyl sites for hydroxylation is 1. The molecule has 0 aliphatic rings. The first-order valence-electron chi connectivity index (χ1n) is 8.89. The highest BCUT2D eigenvalue weighted by Gasteiger charge is 2.19. The summed E-state index contributed by atoms with van der Waals surface area (Å²) in [5.41, 5.74) is 2.36. The van der Waals surface area contributed by atoms with Crippen molar-refractivity contribution in [2.45, 2.75) is 11.8 Å². The van der Waals surface area contributed by atoms with Crippen LogP contribution < -0.4 is 0 Å². The molecular formula is C21H16Br2N4O2S. The molecule has 30 heavy (non-hydrogen) atoms. The summed E-state index contributed by atoms with van der Waals surface area (Å²) in [4.78, 5) is 11.6. The average Bonchev–Trinajstić information content (AvgIpc) is 3.37. The third-order valence-corrected chi connectivity index (χ3v) is 7.55. The predicted molar refractivity (Wildman–Crippen MR) is 125 cm³/mol. The molecule has 9 heteroatoms. The van der Waals surface area contributed by atoms with Crippen molar-refractivity contribution in [3.05, 3.63) is 87.8 Å². The van der Waals surface area contributed by atoms with Crippen molar-refractivity contribution in [1.29, 1.82) is 0 Å². The molecule has 5 rings (SSSR count). The van der Waals surface area contributed by atoms with Crippen LogP contribution in [0.1, 0.15) is 5.56 Å². The van der Waals surface area contributed by atoms with E-state index in [0.29, 0.717) is 5.65 Å². The van der Waals surface area contributed by atoms with E-state index in [0.717, 1.165) is 30.9 Å². The van der Waals surface area contributed by atoms with E-state index in [2.05, 4.69) is 46.8 Å². The van der Waals surface area contributed by atoms with Crippen LogP contribution in [0.5, 0.6) is 0 Å². The molecule has 0 spiro atoms. The molecule has 0 fully saturated rings. The molecule has 1 aromatic carbocycles. The maximum Gasteiger partial charge on any atom is 0.269 e. The molecule has 5 aromatic rings. The van der Waals surface area contributed by atoms with Crippen LogP contribution >= 0.6 is 31.9 Å². The Morgan fingerprint density at radius 1 is 0.867 bits per heavy atom. The summed E-state index contributed by atoms with van der Waals surface area (Å²) >= 11 is 6.81. The molecule has 0 saturated heterocycles. The van der Waals surface area contributed by atoms with Gasteiger partial charge in [0.05, 0.1) is 4.90 Å².